The molecule has 0 heterocycles. The number of benzene rings is 4. The minimum atomic E-state index is -0.663. The van der Waals surface area contributed by atoms with E-state index in [1.54, 1.807) is 6.08 Å². The Hall–Kier alpha value is -4.48. The second-order valence-corrected chi connectivity index (χ2v) is 11.4. The fraction of sp³-hybridized carbons (Fsp3) is 0.243. The van der Waals surface area contributed by atoms with Crippen LogP contribution in [0.5, 0.6) is 0 Å². The molecule has 0 radical (unpaired) electrons. The van der Waals surface area contributed by atoms with Crippen LogP contribution in [0.25, 0.3) is 0 Å². The van der Waals surface area contributed by atoms with Gasteiger partial charge in [-0.05, 0) is 49.4 Å². The fourth-order valence-electron chi connectivity index (χ4n) is 4.81. The molecule has 0 aliphatic carbocycles. The second kappa shape index (κ2) is 14.9. The molecular weight excluding hydrogens is 520 g/mol. The quantitative estimate of drug-likeness (QED) is 0.182. The normalized spacial score (nSPS) is 12.5. The number of rotatable bonds is 12. The standard InChI is InChI=1S/C37H40N2O3/c1-37(2,3)42-36(41)38-33(24-29-16-8-4-9-17-29)26-35(40)34(25-30-18-10-5-11-19-30)39(27-31-20-12-6-13-21-31)28-32-22-14-7-15-23-32/h4-23,26,34H,24-25,27-28H2,1-3H3,(H,38,41)/b33-26-. The molecule has 0 aliphatic rings. The molecule has 0 aromatic heterocycles. The van der Waals surface area contributed by atoms with Crippen molar-refractivity contribution < 1.29 is 14.3 Å². The summed E-state index contributed by atoms with van der Waals surface area (Å²) in [6.45, 7) is 6.65. The van der Waals surface area contributed by atoms with E-state index in [9.17, 15) is 9.59 Å². The molecule has 0 bridgehead atoms. The van der Waals surface area contributed by atoms with Crippen molar-refractivity contribution in [2.75, 3.05) is 0 Å². The molecule has 1 amide bonds. The van der Waals surface area contributed by atoms with E-state index in [0.29, 0.717) is 31.6 Å². The average molecular weight is 561 g/mol. The summed E-state index contributed by atoms with van der Waals surface area (Å²) in [4.78, 5) is 29.4. The summed E-state index contributed by atoms with van der Waals surface area (Å²) >= 11 is 0. The molecule has 0 aliphatic heterocycles. The van der Waals surface area contributed by atoms with Gasteiger partial charge in [0.05, 0.1) is 6.04 Å². The van der Waals surface area contributed by atoms with Gasteiger partial charge in [0.15, 0.2) is 5.78 Å². The number of alkyl carbamates (subject to hydrolysis) is 1. The lowest BCUT2D eigenvalue weighted by Gasteiger charge is -2.31. The van der Waals surface area contributed by atoms with E-state index in [-0.39, 0.29) is 5.78 Å². The first kappa shape index (κ1) is 30.5. The number of nitrogens with zero attached hydrogens (tertiary/aromatic N) is 1. The minimum absolute atomic E-state index is 0.0762. The van der Waals surface area contributed by atoms with Crippen LogP contribution in [0.4, 0.5) is 4.79 Å². The molecule has 4 rings (SSSR count). The summed E-state index contributed by atoms with van der Waals surface area (Å²) in [6, 6.07) is 39.8. The van der Waals surface area contributed by atoms with Gasteiger partial charge in [-0.1, -0.05) is 121 Å². The van der Waals surface area contributed by atoms with Gasteiger partial charge in [0.25, 0.3) is 0 Å². The molecule has 5 heteroatoms. The number of ketones is 1. The van der Waals surface area contributed by atoms with E-state index >= 15 is 0 Å². The van der Waals surface area contributed by atoms with Crippen molar-refractivity contribution in [3.05, 3.63) is 155 Å². The van der Waals surface area contributed by atoms with Crippen LogP contribution in [-0.4, -0.2) is 28.4 Å². The molecule has 0 saturated carbocycles. The number of hydrogen-bond donors (Lipinski definition) is 1. The Kier molecular flexibility index (Phi) is 10.8. The summed E-state index contributed by atoms with van der Waals surface area (Å²) in [7, 11) is 0. The monoisotopic (exact) mass is 560 g/mol. The van der Waals surface area contributed by atoms with Gasteiger partial charge < -0.3 is 4.74 Å². The van der Waals surface area contributed by atoms with E-state index in [0.717, 1.165) is 22.3 Å². The molecule has 0 fully saturated rings. The molecule has 4 aromatic carbocycles. The Labute approximate surface area is 249 Å². The predicted molar refractivity (Wildman–Crippen MR) is 169 cm³/mol. The van der Waals surface area contributed by atoms with E-state index in [1.807, 2.05) is 106 Å². The van der Waals surface area contributed by atoms with Gasteiger partial charge in [-0.2, -0.15) is 0 Å². The third kappa shape index (κ3) is 10.2. The molecular formula is C37H40N2O3. The molecule has 4 aromatic rings. The largest absolute Gasteiger partial charge is 0.444 e. The third-order valence-electron chi connectivity index (χ3n) is 6.71. The van der Waals surface area contributed by atoms with Crippen LogP contribution in [0, 0.1) is 0 Å². The molecule has 42 heavy (non-hydrogen) atoms. The highest BCUT2D eigenvalue weighted by Crippen LogP contribution is 2.20. The maximum Gasteiger partial charge on any atom is 0.411 e. The van der Waals surface area contributed by atoms with E-state index in [2.05, 4.69) is 46.6 Å². The van der Waals surface area contributed by atoms with E-state index in [1.165, 1.54) is 0 Å². The highest BCUT2D eigenvalue weighted by molar-refractivity contribution is 5.95. The maximum atomic E-state index is 14.3. The number of ether oxygens (including phenoxy) is 1. The maximum absolute atomic E-state index is 14.3. The van der Waals surface area contributed by atoms with E-state index in [4.69, 9.17) is 4.74 Å². The van der Waals surface area contributed by atoms with Crippen molar-refractivity contribution >= 4 is 11.9 Å². The molecule has 5 nitrogen and oxygen atoms in total. The summed E-state index contributed by atoms with van der Waals surface area (Å²) in [6.07, 6.45) is 1.93. The third-order valence-corrected chi connectivity index (χ3v) is 6.71. The molecule has 1 atom stereocenters. The lowest BCUT2D eigenvalue weighted by molar-refractivity contribution is -0.120. The Bertz CT molecular complexity index is 1390. The van der Waals surface area contributed by atoms with Crippen molar-refractivity contribution in [1.29, 1.82) is 0 Å². The van der Waals surface area contributed by atoms with E-state index < -0.39 is 17.7 Å². The van der Waals surface area contributed by atoms with Crippen LogP contribution in [0.15, 0.2) is 133 Å². The van der Waals surface area contributed by atoms with Gasteiger partial charge in [-0.3, -0.25) is 15.0 Å². The van der Waals surface area contributed by atoms with Crippen LogP contribution in [0.2, 0.25) is 0 Å². The zero-order valence-electron chi connectivity index (χ0n) is 24.7. The van der Waals surface area contributed by atoms with Crippen molar-refractivity contribution in [2.45, 2.75) is 58.3 Å². The number of carbonyl (C=O) groups excluding carboxylic acids is 2. The first-order valence-electron chi connectivity index (χ1n) is 14.4. The molecule has 1 unspecified atom stereocenters. The number of allylic oxidation sites excluding steroid dienone is 1. The highest BCUT2D eigenvalue weighted by atomic mass is 16.6. The van der Waals surface area contributed by atoms with Gasteiger partial charge in [-0.25, -0.2) is 4.79 Å². The fourth-order valence-corrected chi connectivity index (χ4v) is 4.81. The van der Waals surface area contributed by atoms with Crippen LogP contribution in [0.3, 0.4) is 0 Å². The minimum Gasteiger partial charge on any atom is -0.444 e. The SMILES string of the molecule is CC(C)(C)OC(=O)N/C(=C\C(=O)C(Cc1ccccc1)N(Cc1ccccc1)Cc1ccccc1)Cc1ccccc1. The topological polar surface area (TPSA) is 58.6 Å². The lowest BCUT2D eigenvalue weighted by Crippen LogP contribution is -2.42. The Morgan fingerprint density at radius 2 is 1.12 bits per heavy atom. The van der Waals surface area contributed by atoms with Crippen LogP contribution >= 0.6 is 0 Å². The van der Waals surface area contributed by atoms with Crippen molar-refractivity contribution in [3.63, 3.8) is 0 Å². The van der Waals surface area contributed by atoms with Crippen molar-refractivity contribution in [1.82, 2.24) is 10.2 Å². The van der Waals surface area contributed by atoms with Gasteiger partial charge in [0, 0.05) is 31.3 Å². The van der Waals surface area contributed by atoms with Crippen LogP contribution in [-0.2, 0) is 35.5 Å². The van der Waals surface area contributed by atoms with Gasteiger partial charge in [0.1, 0.15) is 5.60 Å². The number of hydrogen-bond acceptors (Lipinski definition) is 4. The zero-order chi connectivity index (χ0) is 29.8. The Morgan fingerprint density at radius 3 is 1.57 bits per heavy atom. The average Bonchev–Trinajstić information content (AvgIpc) is 2.96. The summed E-state index contributed by atoms with van der Waals surface area (Å²) in [5.74, 6) is -0.0762. The molecule has 0 spiro atoms. The van der Waals surface area contributed by atoms with Gasteiger partial charge >= 0.3 is 6.09 Å². The summed E-state index contributed by atoms with van der Waals surface area (Å²) in [5.41, 5.74) is 4.14. The molecule has 1 N–H and O–H groups in total. The van der Waals surface area contributed by atoms with Crippen LogP contribution in [0.1, 0.15) is 43.0 Å². The molecule has 0 saturated heterocycles. The Morgan fingerprint density at radius 1 is 0.690 bits per heavy atom. The number of amides is 1. The summed E-state index contributed by atoms with van der Waals surface area (Å²) in [5, 5.41) is 2.87. The zero-order valence-corrected chi connectivity index (χ0v) is 24.7. The smallest absolute Gasteiger partial charge is 0.411 e. The first-order chi connectivity index (χ1) is 20.2. The van der Waals surface area contributed by atoms with Crippen LogP contribution < -0.4 is 5.32 Å². The number of nitrogens with one attached hydrogen (secondary N) is 1. The Balaban J connectivity index is 1.71. The van der Waals surface area contributed by atoms with Gasteiger partial charge in [-0.15, -0.1) is 0 Å². The lowest BCUT2D eigenvalue weighted by atomic mass is 9.97. The number of carbonyl (C=O) groups is 2. The van der Waals surface area contributed by atoms with Crippen molar-refractivity contribution in [2.24, 2.45) is 0 Å². The summed E-state index contributed by atoms with van der Waals surface area (Å²) < 4.78 is 5.54. The van der Waals surface area contributed by atoms with Gasteiger partial charge in [0.2, 0.25) is 0 Å². The van der Waals surface area contributed by atoms with Crippen molar-refractivity contribution in [3.8, 4) is 0 Å². The predicted octanol–water partition coefficient (Wildman–Crippen LogP) is 7.52. The molecule has 216 valence electrons. The first-order valence-corrected chi connectivity index (χ1v) is 14.4. The second-order valence-electron chi connectivity index (χ2n) is 11.4. The highest BCUT2D eigenvalue weighted by Gasteiger charge is 2.27.